The van der Waals surface area contributed by atoms with E-state index in [-0.39, 0.29) is 24.7 Å². The van der Waals surface area contributed by atoms with Gasteiger partial charge in [0, 0.05) is 18.5 Å². The van der Waals surface area contributed by atoms with Crippen LogP contribution in [-0.2, 0) is 4.79 Å². The molecule has 1 atom stereocenters. The standard InChI is InChI=1S/C16H16F3N3O4/c1-24-11-4-3-9(5-12(11)25-2)14-20-15(26-21-14)10-6-13(23)22(7-10)8-16(17,18)19/h3-5,10H,6-8H2,1-2H3. The van der Waals surface area contributed by atoms with Gasteiger partial charge in [0.1, 0.15) is 6.54 Å². The Morgan fingerprint density at radius 2 is 2.00 bits per heavy atom. The molecule has 7 nitrogen and oxygen atoms in total. The summed E-state index contributed by atoms with van der Waals surface area (Å²) >= 11 is 0. The predicted octanol–water partition coefficient (Wildman–Crippen LogP) is 2.63. The summed E-state index contributed by atoms with van der Waals surface area (Å²) in [6.07, 6.45) is -4.53. The van der Waals surface area contributed by atoms with Crippen molar-refractivity contribution >= 4 is 5.91 Å². The third-order valence-corrected chi connectivity index (χ3v) is 4.02. The lowest BCUT2D eigenvalue weighted by atomic mass is 10.1. The molecule has 26 heavy (non-hydrogen) atoms. The Labute approximate surface area is 146 Å². The monoisotopic (exact) mass is 371 g/mol. The van der Waals surface area contributed by atoms with Crippen molar-refractivity contribution in [1.29, 1.82) is 0 Å². The van der Waals surface area contributed by atoms with Gasteiger partial charge in [-0.2, -0.15) is 18.2 Å². The number of alkyl halides is 3. The van der Waals surface area contributed by atoms with E-state index in [2.05, 4.69) is 10.1 Å². The van der Waals surface area contributed by atoms with Crippen LogP contribution in [0.15, 0.2) is 22.7 Å². The number of nitrogens with zero attached hydrogens (tertiary/aromatic N) is 3. The van der Waals surface area contributed by atoms with Crippen LogP contribution >= 0.6 is 0 Å². The molecule has 2 heterocycles. The lowest BCUT2D eigenvalue weighted by Crippen LogP contribution is -2.35. The number of halogens is 3. The number of aromatic nitrogens is 2. The van der Waals surface area contributed by atoms with E-state index < -0.39 is 24.5 Å². The fraction of sp³-hybridized carbons (Fsp3) is 0.438. The van der Waals surface area contributed by atoms with Crippen molar-refractivity contribution in [2.45, 2.75) is 18.5 Å². The summed E-state index contributed by atoms with van der Waals surface area (Å²) in [5.74, 6) is 0.243. The maximum absolute atomic E-state index is 12.5. The zero-order valence-electron chi connectivity index (χ0n) is 14.0. The second-order valence-corrected chi connectivity index (χ2v) is 5.82. The van der Waals surface area contributed by atoms with Gasteiger partial charge in [0.15, 0.2) is 11.5 Å². The first kappa shape index (κ1) is 18.0. The lowest BCUT2D eigenvalue weighted by Gasteiger charge is -2.17. The van der Waals surface area contributed by atoms with Crippen molar-refractivity contribution < 1.29 is 32.0 Å². The van der Waals surface area contributed by atoms with Crippen LogP contribution in [0.2, 0.25) is 0 Å². The molecular formula is C16H16F3N3O4. The molecule has 0 bridgehead atoms. The van der Waals surface area contributed by atoms with Crippen LogP contribution in [0.3, 0.4) is 0 Å². The van der Waals surface area contributed by atoms with E-state index in [1.807, 2.05) is 0 Å². The number of amides is 1. The van der Waals surface area contributed by atoms with Gasteiger partial charge in [0.2, 0.25) is 17.6 Å². The molecule has 0 radical (unpaired) electrons. The Hall–Kier alpha value is -2.78. The van der Waals surface area contributed by atoms with Gasteiger partial charge in [-0.3, -0.25) is 4.79 Å². The molecule has 1 fully saturated rings. The van der Waals surface area contributed by atoms with Gasteiger partial charge >= 0.3 is 6.18 Å². The van der Waals surface area contributed by atoms with Gasteiger partial charge in [-0.25, -0.2) is 0 Å². The maximum atomic E-state index is 12.5. The maximum Gasteiger partial charge on any atom is 0.406 e. The minimum atomic E-state index is -4.44. The van der Waals surface area contributed by atoms with Gasteiger partial charge < -0.3 is 18.9 Å². The molecular weight excluding hydrogens is 355 g/mol. The summed E-state index contributed by atoms with van der Waals surface area (Å²) in [6.45, 7) is -1.38. The fourth-order valence-electron chi connectivity index (χ4n) is 2.80. The lowest BCUT2D eigenvalue weighted by molar-refractivity contribution is -0.157. The van der Waals surface area contributed by atoms with Crippen LogP contribution in [0.1, 0.15) is 18.2 Å². The number of ether oxygens (including phenoxy) is 2. The third-order valence-electron chi connectivity index (χ3n) is 4.02. The molecule has 1 saturated heterocycles. The number of rotatable bonds is 5. The van der Waals surface area contributed by atoms with Crippen LogP contribution in [0.25, 0.3) is 11.4 Å². The Balaban J connectivity index is 1.77. The van der Waals surface area contributed by atoms with Crippen LogP contribution in [-0.4, -0.2) is 54.4 Å². The van der Waals surface area contributed by atoms with Gasteiger partial charge in [0.25, 0.3) is 0 Å². The number of carbonyl (C=O) groups excluding carboxylic acids is 1. The van der Waals surface area contributed by atoms with Crippen molar-refractivity contribution in [1.82, 2.24) is 15.0 Å². The zero-order chi connectivity index (χ0) is 18.9. The summed E-state index contributed by atoms with van der Waals surface area (Å²) in [5, 5.41) is 3.85. The van der Waals surface area contributed by atoms with E-state index in [0.29, 0.717) is 17.1 Å². The topological polar surface area (TPSA) is 77.7 Å². The highest BCUT2D eigenvalue weighted by Gasteiger charge is 2.40. The first-order valence-corrected chi connectivity index (χ1v) is 7.71. The summed E-state index contributed by atoms with van der Waals surface area (Å²) in [5.41, 5.74) is 0.592. The largest absolute Gasteiger partial charge is 0.493 e. The minimum absolute atomic E-state index is 0.0936. The number of carbonyl (C=O) groups is 1. The number of hydrogen-bond acceptors (Lipinski definition) is 6. The van der Waals surface area contributed by atoms with E-state index in [9.17, 15) is 18.0 Å². The van der Waals surface area contributed by atoms with Gasteiger partial charge in [-0.1, -0.05) is 5.16 Å². The van der Waals surface area contributed by atoms with E-state index in [4.69, 9.17) is 14.0 Å². The second kappa shape index (κ2) is 6.85. The SMILES string of the molecule is COc1ccc(-c2noc(C3CC(=O)N(CC(F)(F)F)C3)n2)cc1OC. The molecule has 1 aromatic heterocycles. The number of hydrogen-bond donors (Lipinski definition) is 0. The number of methoxy groups -OCH3 is 2. The first-order chi connectivity index (χ1) is 12.3. The summed E-state index contributed by atoms with van der Waals surface area (Å²) in [4.78, 5) is 16.8. The average molecular weight is 371 g/mol. The Bertz CT molecular complexity index is 806. The highest BCUT2D eigenvalue weighted by Crippen LogP contribution is 2.33. The van der Waals surface area contributed by atoms with E-state index in [1.165, 1.54) is 14.2 Å². The number of likely N-dealkylation sites (tertiary alicyclic amines) is 1. The highest BCUT2D eigenvalue weighted by atomic mass is 19.4. The molecule has 3 rings (SSSR count). The van der Waals surface area contributed by atoms with Crippen molar-refractivity contribution in [2.24, 2.45) is 0 Å². The van der Waals surface area contributed by atoms with E-state index >= 15 is 0 Å². The molecule has 0 saturated carbocycles. The average Bonchev–Trinajstić information content (AvgIpc) is 3.20. The molecule has 1 amide bonds. The first-order valence-electron chi connectivity index (χ1n) is 7.71. The molecule has 0 aliphatic carbocycles. The predicted molar refractivity (Wildman–Crippen MR) is 82.8 cm³/mol. The molecule has 2 aromatic rings. The van der Waals surface area contributed by atoms with Crippen LogP contribution in [0, 0.1) is 0 Å². The normalized spacial score (nSPS) is 17.7. The summed E-state index contributed by atoms with van der Waals surface area (Å²) < 4.78 is 53.0. The highest BCUT2D eigenvalue weighted by molar-refractivity contribution is 5.79. The minimum Gasteiger partial charge on any atom is -0.493 e. The van der Waals surface area contributed by atoms with Gasteiger partial charge in [-0.05, 0) is 18.2 Å². The molecule has 1 aliphatic heterocycles. The Kier molecular flexibility index (Phi) is 4.75. The van der Waals surface area contributed by atoms with Crippen molar-refractivity contribution in [3.8, 4) is 22.9 Å². The summed E-state index contributed by atoms with van der Waals surface area (Å²) in [6, 6.07) is 5.03. The molecule has 1 unspecified atom stereocenters. The van der Waals surface area contributed by atoms with Crippen molar-refractivity contribution in [2.75, 3.05) is 27.3 Å². The Morgan fingerprint density at radius 1 is 1.27 bits per heavy atom. The number of benzene rings is 1. The van der Waals surface area contributed by atoms with Gasteiger partial charge in [0.05, 0.1) is 20.1 Å². The van der Waals surface area contributed by atoms with Crippen molar-refractivity contribution in [3.05, 3.63) is 24.1 Å². The van der Waals surface area contributed by atoms with Crippen LogP contribution < -0.4 is 9.47 Å². The third kappa shape index (κ3) is 3.73. The molecule has 1 aliphatic rings. The molecule has 0 spiro atoms. The molecule has 1 aromatic carbocycles. The van der Waals surface area contributed by atoms with Gasteiger partial charge in [-0.15, -0.1) is 0 Å². The Morgan fingerprint density at radius 3 is 2.65 bits per heavy atom. The molecule has 0 N–H and O–H groups in total. The van der Waals surface area contributed by atoms with E-state index in [1.54, 1.807) is 18.2 Å². The quantitative estimate of drug-likeness (QED) is 0.804. The molecule has 10 heteroatoms. The van der Waals surface area contributed by atoms with Crippen LogP contribution in [0.5, 0.6) is 11.5 Å². The zero-order valence-corrected chi connectivity index (χ0v) is 14.0. The smallest absolute Gasteiger partial charge is 0.406 e. The van der Waals surface area contributed by atoms with E-state index in [0.717, 1.165) is 4.90 Å². The van der Waals surface area contributed by atoms with Crippen LogP contribution in [0.4, 0.5) is 13.2 Å². The fourth-order valence-corrected chi connectivity index (χ4v) is 2.80. The second-order valence-electron chi connectivity index (χ2n) is 5.82. The molecule has 140 valence electrons. The van der Waals surface area contributed by atoms with Crippen molar-refractivity contribution in [3.63, 3.8) is 0 Å². The summed E-state index contributed by atoms with van der Waals surface area (Å²) in [7, 11) is 3.00.